The van der Waals surface area contributed by atoms with Crippen molar-refractivity contribution in [1.82, 2.24) is 5.48 Å². The van der Waals surface area contributed by atoms with Crippen LogP contribution in [0.2, 0.25) is 5.82 Å². The number of rotatable bonds is 2. The predicted molar refractivity (Wildman–Crippen MR) is 80.4 cm³/mol. The molecule has 3 atom stereocenters. The summed E-state index contributed by atoms with van der Waals surface area (Å²) < 4.78 is 0. The van der Waals surface area contributed by atoms with E-state index in [2.05, 4.69) is 13.3 Å². The summed E-state index contributed by atoms with van der Waals surface area (Å²) in [6.07, 6.45) is 12.7. The van der Waals surface area contributed by atoms with Gasteiger partial charge in [0.25, 0.3) is 0 Å². The number of hydrogen-bond acceptors (Lipinski definition) is 3. The molecule has 3 unspecified atom stereocenters. The van der Waals surface area contributed by atoms with Crippen LogP contribution in [-0.2, 0) is 4.84 Å². The quantitative estimate of drug-likeness (QED) is 0.586. The zero-order valence-electron chi connectivity index (χ0n) is 12.3. The molecule has 0 aromatic rings. The molecule has 0 bridgehead atoms. The fourth-order valence-corrected chi connectivity index (χ4v) is 2.90. The maximum atomic E-state index is 6.14. The Kier molecular flexibility index (Phi) is 8.73. The van der Waals surface area contributed by atoms with Gasteiger partial charge in [0, 0.05) is 12.1 Å². The van der Waals surface area contributed by atoms with Gasteiger partial charge in [-0.3, -0.25) is 0 Å². The van der Waals surface area contributed by atoms with Crippen LogP contribution in [0.4, 0.5) is 0 Å². The van der Waals surface area contributed by atoms with Crippen LogP contribution in [0, 0.1) is 0 Å². The Bertz CT molecular complexity index is 204. The minimum absolute atomic E-state index is 0.426. The minimum atomic E-state index is 0.426. The average molecular weight is 254 g/mol. The Morgan fingerprint density at radius 2 is 1.56 bits per heavy atom. The van der Waals surface area contributed by atoms with Gasteiger partial charge in [-0.2, -0.15) is 5.48 Å². The van der Waals surface area contributed by atoms with Gasteiger partial charge in [0.2, 0.25) is 0 Å². The van der Waals surface area contributed by atoms with E-state index in [0.717, 1.165) is 5.82 Å². The van der Waals surface area contributed by atoms with Crippen LogP contribution in [0.5, 0.6) is 0 Å². The summed E-state index contributed by atoms with van der Waals surface area (Å²) in [5, 5.41) is 0. The van der Waals surface area contributed by atoms with Gasteiger partial charge in [-0.1, -0.05) is 44.3 Å². The van der Waals surface area contributed by atoms with Crippen molar-refractivity contribution in [2.45, 2.75) is 82.1 Å². The molecule has 1 fully saturated rings. The summed E-state index contributed by atoms with van der Waals surface area (Å²) in [4.78, 5) is 5.11. The number of nitrogens with two attached hydrogens (primary N) is 1. The molecule has 0 saturated heterocycles. The fourth-order valence-electron chi connectivity index (χ4n) is 2.90. The van der Waals surface area contributed by atoms with Crippen LogP contribution < -0.4 is 11.2 Å². The second-order valence-electron chi connectivity index (χ2n) is 6.03. The fraction of sp³-hybridized carbons (Fsp3) is 1.00. The monoisotopic (exact) mass is 254 g/mol. The molecule has 0 heterocycles. The van der Waals surface area contributed by atoms with E-state index in [-0.39, 0.29) is 0 Å². The summed E-state index contributed by atoms with van der Waals surface area (Å²) in [6, 6.07) is 0.948. The highest BCUT2D eigenvalue weighted by Gasteiger charge is 2.12. The van der Waals surface area contributed by atoms with Crippen molar-refractivity contribution in [2.24, 2.45) is 5.73 Å². The molecule has 1 saturated carbocycles. The Hall–Kier alpha value is -0.0551. The van der Waals surface area contributed by atoms with Crippen LogP contribution >= 0.6 is 0 Å². The molecule has 106 valence electrons. The second kappa shape index (κ2) is 9.82. The predicted octanol–water partition coefficient (Wildman–Crippen LogP) is 2.17. The molecule has 1 rings (SSSR count). The van der Waals surface area contributed by atoms with E-state index in [0.29, 0.717) is 12.1 Å². The van der Waals surface area contributed by atoms with E-state index in [1.165, 1.54) is 64.2 Å². The van der Waals surface area contributed by atoms with Gasteiger partial charge in [0.15, 0.2) is 0 Å². The third kappa shape index (κ3) is 7.40. The molecule has 3 N–H and O–H groups in total. The van der Waals surface area contributed by atoms with Crippen molar-refractivity contribution in [3.8, 4) is 0 Å². The van der Waals surface area contributed by atoms with E-state index in [9.17, 15) is 0 Å². The topological polar surface area (TPSA) is 47.3 Å². The van der Waals surface area contributed by atoms with Crippen molar-refractivity contribution in [3.63, 3.8) is 0 Å². The zero-order valence-corrected chi connectivity index (χ0v) is 12.3. The van der Waals surface area contributed by atoms with Gasteiger partial charge >= 0.3 is 0 Å². The lowest BCUT2D eigenvalue weighted by Crippen LogP contribution is -2.28. The van der Waals surface area contributed by atoms with Crippen molar-refractivity contribution >= 4 is 7.85 Å². The first-order chi connectivity index (χ1) is 8.72. The molecular weight excluding hydrogens is 223 g/mol. The molecule has 0 spiro atoms. The SMILES string of the molecule is BC1CCCCC(N)CCCCC(NOC)CC1. The lowest BCUT2D eigenvalue weighted by molar-refractivity contribution is 0.0537. The van der Waals surface area contributed by atoms with Crippen LogP contribution in [0.25, 0.3) is 0 Å². The number of hydroxylamine groups is 1. The largest absolute Gasteiger partial charge is 0.328 e. The highest BCUT2D eigenvalue weighted by atomic mass is 16.6. The summed E-state index contributed by atoms with van der Waals surface area (Å²) in [7, 11) is 4.10. The molecular formula is C14H31BN2O. The van der Waals surface area contributed by atoms with Gasteiger partial charge in [-0.05, 0) is 25.7 Å². The van der Waals surface area contributed by atoms with Gasteiger partial charge in [-0.15, -0.1) is 0 Å². The molecule has 0 aromatic carbocycles. The molecule has 0 amide bonds. The third-order valence-electron chi connectivity index (χ3n) is 4.19. The highest BCUT2D eigenvalue weighted by Crippen LogP contribution is 2.22. The van der Waals surface area contributed by atoms with Gasteiger partial charge < -0.3 is 10.6 Å². The maximum absolute atomic E-state index is 6.14. The van der Waals surface area contributed by atoms with Crippen molar-refractivity contribution in [1.29, 1.82) is 0 Å². The van der Waals surface area contributed by atoms with Gasteiger partial charge in [0.1, 0.15) is 7.85 Å². The molecule has 0 aromatic heterocycles. The maximum Gasteiger partial charge on any atom is 0.105 e. The first-order valence-electron chi connectivity index (χ1n) is 7.76. The first-order valence-corrected chi connectivity index (χ1v) is 7.76. The molecule has 0 aliphatic heterocycles. The third-order valence-corrected chi connectivity index (χ3v) is 4.19. The first kappa shape index (κ1) is 16.0. The van der Waals surface area contributed by atoms with E-state index in [4.69, 9.17) is 10.6 Å². The summed E-state index contributed by atoms with van der Waals surface area (Å²) in [5.74, 6) is 0.836. The zero-order chi connectivity index (χ0) is 13.2. The van der Waals surface area contributed by atoms with Crippen LogP contribution in [-0.4, -0.2) is 27.0 Å². The van der Waals surface area contributed by atoms with E-state index in [1.54, 1.807) is 7.11 Å². The van der Waals surface area contributed by atoms with Crippen LogP contribution in [0.1, 0.15) is 64.2 Å². The lowest BCUT2D eigenvalue weighted by atomic mass is 9.78. The van der Waals surface area contributed by atoms with Crippen molar-refractivity contribution < 1.29 is 4.84 Å². The summed E-state index contributed by atoms with van der Waals surface area (Å²) in [5.41, 5.74) is 9.29. The van der Waals surface area contributed by atoms with Crippen molar-refractivity contribution in [3.05, 3.63) is 0 Å². The van der Waals surface area contributed by atoms with E-state index in [1.807, 2.05) is 0 Å². The molecule has 1 aliphatic rings. The molecule has 3 nitrogen and oxygen atoms in total. The normalized spacial score (nSPS) is 33.1. The Morgan fingerprint density at radius 3 is 2.22 bits per heavy atom. The van der Waals surface area contributed by atoms with Crippen molar-refractivity contribution in [2.75, 3.05) is 7.11 Å². The highest BCUT2D eigenvalue weighted by molar-refractivity contribution is 6.11. The Morgan fingerprint density at radius 1 is 0.944 bits per heavy atom. The van der Waals surface area contributed by atoms with Gasteiger partial charge in [0.05, 0.1) is 7.11 Å². The summed E-state index contributed by atoms with van der Waals surface area (Å²) >= 11 is 0. The lowest BCUT2D eigenvalue weighted by Gasteiger charge is -2.19. The van der Waals surface area contributed by atoms with Crippen LogP contribution in [0.3, 0.4) is 0 Å². The molecule has 18 heavy (non-hydrogen) atoms. The average Bonchev–Trinajstić information content (AvgIpc) is 2.37. The van der Waals surface area contributed by atoms with E-state index < -0.39 is 0 Å². The van der Waals surface area contributed by atoms with Crippen LogP contribution in [0.15, 0.2) is 0 Å². The second-order valence-corrected chi connectivity index (χ2v) is 6.03. The summed E-state index contributed by atoms with van der Waals surface area (Å²) in [6.45, 7) is 0. The standard InChI is InChI=1S/C14H31BN2O/c1-18-17-14-9-5-4-8-13(16)7-3-2-6-12(15)10-11-14/h12-14,17H,2-11,15-16H2,1H3. The van der Waals surface area contributed by atoms with Gasteiger partial charge in [-0.25, -0.2) is 0 Å². The van der Waals surface area contributed by atoms with E-state index >= 15 is 0 Å². The Labute approximate surface area is 114 Å². The molecule has 1 aliphatic carbocycles. The Balaban J connectivity index is 2.38. The number of hydrogen-bond donors (Lipinski definition) is 2. The molecule has 0 radical (unpaired) electrons. The smallest absolute Gasteiger partial charge is 0.105 e. The molecule has 4 heteroatoms. The minimum Gasteiger partial charge on any atom is -0.328 e. The number of nitrogens with one attached hydrogen (secondary N) is 1.